The first-order chi connectivity index (χ1) is 16.7. The van der Waals surface area contributed by atoms with Gasteiger partial charge in [0, 0.05) is 12.3 Å². The van der Waals surface area contributed by atoms with Crippen LogP contribution >= 0.6 is 0 Å². The molecule has 2 rings (SSSR count). The zero-order valence-electron chi connectivity index (χ0n) is 21.7. The van der Waals surface area contributed by atoms with Crippen LogP contribution in [0.5, 0.6) is 11.5 Å². The summed E-state index contributed by atoms with van der Waals surface area (Å²) in [6, 6.07) is 20.2. The summed E-state index contributed by atoms with van der Waals surface area (Å²) in [7, 11) is 0. The van der Waals surface area contributed by atoms with Gasteiger partial charge in [0.2, 0.25) is 0 Å². The summed E-state index contributed by atoms with van der Waals surface area (Å²) in [4.78, 5) is 0. The molecule has 0 spiro atoms. The molecule has 3 nitrogen and oxygen atoms in total. The second-order valence-electron chi connectivity index (χ2n) is 9.04. The molecule has 188 valence electrons. The predicted octanol–water partition coefficient (Wildman–Crippen LogP) is 9.34. The first kappa shape index (κ1) is 27.8. The molecular weight excluding hydrogens is 420 g/mol. The van der Waals surface area contributed by atoms with Gasteiger partial charge >= 0.3 is 0 Å². The van der Waals surface area contributed by atoms with E-state index in [0.717, 1.165) is 50.2 Å². The summed E-state index contributed by atoms with van der Waals surface area (Å²) in [5.41, 5.74) is 0. The highest BCUT2D eigenvalue weighted by Gasteiger charge is 2.41. The molecule has 0 bridgehead atoms. The van der Waals surface area contributed by atoms with Crippen LogP contribution < -0.4 is 9.47 Å². The largest absolute Gasteiger partial charge is 0.502 e. The van der Waals surface area contributed by atoms with Crippen molar-refractivity contribution in [2.75, 3.05) is 6.61 Å². The highest BCUT2D eigenvalue weighted by Crippen LogP contribution is 2.37. The Bertz CT molecular complexity index is 715. The van der Waals surface area contributed by atoms with E-state index in [-0.39, 0.29) is 5.92 Å². The summed E-state index contributed by atoms with van der Waals surface area (Å²) < 4.78 is 19.2. The molecule has 0 fully saturated rings. The van der Waals surface area contributed by atoms with Gasteiger partial charge in [-0.15, -0.1) is 0 Å². The van der Waals surface area contributed by atoms with Crippen LogP contribution in [0.1, 0.15) is 91.4 Å². The van der Waals surface area contributed by atoms with Crippen molar-refractivity contribution in [2.45, 2.75) is 97.2 Å². The number of benzene rings is 2. The molecule has 0 radical (unpaired) electrons. The van der Waals surface area contributed by atoms with Gasteiger partial charge in [-0.05, 0) is 49.9 Å². The first-order valence-corrected chi connectivity index (χ1v) is 13.5. The third kappa shape index (κ3) is 10.2. The normalized spacial score (nSPS) is 12.6. The van der Waals surface area contributed by atoms with E-state index in [9.17, 15) is 0 Å². The molecule has 0 aliphatic rings. The summed E-state index contributed by atoms with van der Waals surface area (Å²) in [6.45, 7) is 7.29. The van der Waals surface area contributed by atoms with E-state index in [2.05, 4.69) is 26.8 Å². The summed E-state index contributed by atoms with van der Waals surface area (Å²) in [6.07, 6.45) is 16.4. The topological polar surface area (TPSA) is 27.7 Å². The second-order valence-corrected chi connectivity index (χ2v) is 9.04. The lowest BCUT2D eigenvalue weighted by molar-refractivity contribution is -0.163. The van der Waals surface area contributed by atoms with E-state index in [0.29, 0.717) is 0 Å². The molecule has 2 aromatic carbocycles. The third-order valence-corrected chi connectivity index (χ3v) is 6.33. The van der Waals surface area contributed by atoms with E-state index in [4.69, 9.17) is 14.2 Å². The number of rotatable bonds is 19. The Kier molecular flexibility index (Phi) is 14.0. The molecule has 0 aromatic heterocycles. The zero-order valence-corrected chi connectivity index (χ0v) is 21.7. The minimum atomic E-state index is -0.717. The number of allylic oxidation sites excluding steroid dienone is 1. The predicted molar refractivity (Wildman–Crippen MR) is 143 cm³/mol. The van der Waals surface area contributed by atoms with Crippen molar-refractivity contribution in [1.82, 2.24) is 0 Å². The molecular formula is C31H46O3. The number of hydrogen-bond donors (Lipinski definition) is 0. The molecule has 0 saturated carbocycles. The standard InChI is InChI=1S/C31H46O3/c1-4-7-9-10-11-14-20-28(21-19-27-32-26-8-5-2)31(6-3,33-29-22-15-12-16-23-29)34-30-24-17-13-18-25-30/h8,12-13,15-18,22-26,28H,4-7,9-11,14,19-21,27H2,1-3H3. The number of hydrogen-bond acceptors (Lipinski definition) is 3. The minimum absolute atomic E-state index is 0.267. The van der Waals surface area contributed by atoms with Crippen LogP contribution in [0, 0.1) is 5.92 Å². The molecule has 3 heteroatoms. The van der Waals surface area contributed by atoms with Crippen LogP contribution in [0.25, 0.3) is 0 Å². The molecule has 0 saturated heterocycles. The number of unbranched alkanes of at least 4 members (excludes halogenated alkanes) is 5. The van der Waals surface area contributed by atoms with Gasteiger partial charge in [-0.25, -0.2) is 0 Å². The summed E-state index contributed by atoms with van der Waals surface area (Å²) in [5.74, 6) is 1.26. The van der Waals surface area contributed by atoms with E-state index in [1.807, 2.05) is 66.9 Å². The van der Waals surface area contributed by atoms with Crippen LogP contribution in [-0.4, -0.2) is 12.4 Å². The van der Waals surface area contributed by atoms with Gasteiger partial charge in [0.25, 0.3) is 5.79 Å². The first-order valence-electron chi connectivity index (χ1n) is 13.5. The molecule has 0 heterocycles. The Morgan fingerprint density at radius 1 is 0.706 bits per heavy atom. The minimum Gasteiger partial charge on any atom is -0.502 e. The summed E-state index contributed by atoms with van der Waals surface area (Å²) >= 11 is 0. The Labute approximate surface area is 208 Å². The zero-order chi connectivity index (χ0) is 24.3. The fourth-order valence-electron chi connectivity index (χ4n) is 4.40. The van der Waals surface area contributed by atoms with Crippen molar-refractivity contribution in [3.05, 3.63) is 73.0 Å². The third-order valence-electron chi connectivity index (χ3n) is 6.33. The Balaban J connectivity index is 2.19. The average molecular weight is 467 g/mol. The molecule has 0 aliphatic heterocycles. The van der Waals surface area contributed by atoms with Gasteiger partial charge in [0.1, 0.15) is 11.5 Å². The summed E-state index contributed by atoms with van der Waals surface area (Å²) in [5, 5.41) is 0. The van der Waals surface area contributed by atoms with E-state index in [1.165, 1.54) is 38.5 Å². The van der Waals surface area contributed by atoms with Crippen LogP contribution in [0.2, 0.25) is 0 Å². The van der Waals surface area contributed by atoms with Crippen LogP contribution in [0.3, 0.4) is 0 Å². The quantitative estimate of drug-likeness (QED) is 0.117. The van der Waals surface area contributed by atoms with Gasteiger partial charge in [-0.2, -0.15) is 0 Å². The molecule has 1 atom stereocenters. The van der Waals surface area contributed by atoms with Crippen molar-refractivity contribution in [3.8, 4) is 11.5 Å². The van der Waals surface area contributed by atoms with Crippen molar-refractivity contribution >= 4 is 0 Å². The highest BCUT2D eigenvalue weighted by atomic mass is 16.7. The SMILES string of the molecule is CCC=COCCCC(CCCCCCCC)C(CC)(Oc1ccccc1)Oc1ccccc1. The fourth-order valence-corrected chi connectivity index (χ4v) is 4.40. The smallest absolute Gasteiger partial charge is 0.253 e. The van der Waals surface area contributed by atoms with Gasteiger partial charge in [0.15, 0.2) is 0 Å². The fraction of sp³-hybridized carbons (Fsp3) is 0.548. The molecule has 2 aromatic rings. The number of ether oxygens (including phenoxy) is 3. The Morgan fingerprint density at radius 3 is 1.82 bits per heavy atom. The highest BCUT2D eigenvalue weighted by molar-refractivity contribution is 5.24. The van der Waals surface area contributed by atoms with Crippen molar-refractivity contribution in [3.63, 3.8) is 0 Å². The molecule has 34 heavy (non-hydrogen) atoms. The van der Waals surface area contributed by atoms with Gasteiger partial charge in [0.05, 0.1) is 12.9 Å². The van der Waals surface area contributed by atoms with Crippen LogP contribution in [-0.2, 0) is 4.74 Å². The maximum absolute atomic E-state index is 6.73. The number of para-hydroxylation sites is 2. The Hall–Kier alpha value is -2.42. The van der Waals surface area contributed by atoms with Crippen LogP contribution in [0.4, 0.5) is 0 Å². The van der Waals surface area contributed by atoms with Crippen LogP contribution in [0.15, 0.2) is 73.0 Å². The van der Waals surface area contributed by atoms with E-state index in [1.54, 1.807) is 0 Å². The van der Waals surface area contributed by atoms with Crippen molar-refractivity contribution < 1.29 is 14.2 Å². The van der Waals surface area contributed by atoms with Crippen molar-refractivity contribution in [2.24, 2.45) is 5.92 Å². The lowest BCUT2D eigenvalue weighted by Gasteiger charge is -2.40. The Morgan fingerprint density at radius 2 is 1.26 bits per heavy atom. The van der Waals surface area contributed by atoms with Gasteiger partial charge in [-0.1, -0.05) is 102 Å². The van der Waals surface area contributed by atoms with Crippen molar-refractivity contribution in [1.29, 1.82) is 0 Å². The average Bonchev–Trinajstić information content (AvgIpc) is 2.87. The second kappa shape index (κ2) is 17.1. The van der Waals surface area contributed by atoms with Gasteiger partial charge < -0.3 is 14.2 Å². The monoisotopic (exact) mass is 466 g/mol. The maximum Gasteiger partial charge on any atom is 0.253 e. The van der Waals surface area contributed by atoms with Gasteiger partial charge in [-0.3, -0.25) is 0 Å². The van der Waals surface area contributed by atoms with E-state index < -0.39 is 5.79 Å². The lowest BCUT2D eigenvalue weighted by atomic mass is 9.86. The molecule has 0 amide bonds. The molecule has 1 unspecified atom stereocenters. The lowest BCUT2D eigenvalue weighted by Crippen LogP contribution is -2.49. The molecule has 0 aliphatic carbocycles. The molecule has 0 N–H and O–H groups in total. The van der Waals surface area contributed by atoms with E-state index >= 15 is 0 Å². The maximum atomic E-state index is 6.73.